The lowest BCUT2D eigenvalue weighted by atomic mass is 9.99. The maximum absolute atomic E-state index is 11.3. The second kappa shape index (κ2) is 6.23. The molecule has 0 spiro atoms. The number of ether oxygens (including phenoxy) is 1. The van der Waals surface area contributed by atoms with Crippen molar-refractivity contribution in [3.63, 3.8) is 0 Å². The summed E-state index contributed by atoms with van der Waals surface area (Å²) < 4.78 is 5.06. The van der Waals surface area contributed by atoms with Gasteiger partial charge in [-0.1, -0.05) is 48.5 Å². The Balaban J connectivity index is 2.22. The van der Waals surface area contributed by atoms with Crippen LogP contribution in [0.2, 0.25) is 0 Å². The minimum Gasteiger partial charge on any atom is -0.430 e. The van der Waals surface area contributed by atoms with Crippen molar-refractivity contribution in [3.8, 4) is 0 Å². The molecule has 1 aliphatic heterocycles. The van der Waals surface area contributed by atoms with Crippen molar-refractivity contribution < 1.29 is 9.53 Å². The van der Waals surface area contributed by atoms with Crippen LogP contribution in [0.25, 0.3) is 0 Å². The van der Waals surface area contributed by atoms with Crippen LogP contribution in [-0.4, -0.2) is 5.97 Å². The van der Waals surface area contributed by atoms with Crippen molar-refractivity contribution in [2.45, 2.75) is 45.4 Å². The molecule has 1 unspecified atom stereocenters. The molecule has 1 heterocycles. The fraction of sp³-hybridized carbons (Fsp3) is 0.727. The largest absolute Gasteiger partial charge is 0.430 e. The first-order valence-electron chi connectivity index (χ1n) is 5.29. The summed E-state index contributed by atoms with van der Waals surface area (Å²) in [5, 5.41) is 0. The molecular weight excluding hydrogens is 244 g/mol. The van der Waals surface area contributed by atoms with E-state index in [0.717, 1.165) is 25.0 Å². The van der Waals surface area contributed by atoms with Crippen LogP contribution in [0.4, 0.5) is 0 Å². The normalized spacial score (nSPS) is 24.3. The maximum atomic E-state index is 11.3. The van der Waals surface area contributed by atoms with Crippen LogP contribution in [0.5, 0.6) is 0 Å². The quantitative estimate of drug-likeness (QED) is 0.556. The van der Waals surface area contributed by atoms with Crippen LogP contribution in [0, 0.1) is 5.92 Å². The molecule has 3 heteroatoms. The van der Waals surface area contributed by atoms with Crippen molar-refractivity contribution in [1.29, 1.82) is 0 Å². The lowest BCUT2D eigenvalue weighted by Crippen LogP contribution is -2.06. The van der Waals surface area contributed by atoms with Gasteiger partial charge in [0.05, 0.1) is 5.92 Å². The molecule has 0 radical (unpaired) electrons. The van der Waals surface area contributed by atoms with Crippen LogP contribution >= 0.6 is 15.9 Å². The first kappa shape index (κ1) is 11.8. The van der Waals surface area contributed by atoms with E-state index in [4.69, 9.17) is 4.74 Å². The predicted molar refractivity (Wildman–Crippen MR) is 60.0 cm³/mol. The van der Waals surface area contributed by atoms with E-state index in [2.05, 4.69) is 22.9 Å². The van der Waals surface area contributed by atoms with Crippen molar-refractivity contribution in [2.24, 2.45) is 5.92 Å². The van der Waals surface area contributed by atoms with Gasteiger partial charge >= 0.3 is 5.97 Å². The highest BCUT2D eigenvalue weighted by atomic mass is 79.9. The first-order valence-corrected chi connectivity index (χ1v) is 6.20. The van der Waals surface area contributed by atoms with Crippen LogP contribution in [0.15, 0.2) is 10.7 Å². The van der Waals surface area contributed by atoms with E-state index in [1.807, 2.05) is 0 Å². The number of halogens is 1. The van der Waals surface area contributed by atoms with Gasteiger partial charge in [-0.3, -0.25) is 4.79 Å². The van der Waals surface area contributed by atoms with E-state index in [-0.39, 0.29) is 11.9 Å². The summed E-state index contributed by atoms with van der Waals surface area (Å²) in [5.74, 6) is 0.832. The number of rotatable bonds is 5. The zero-order chi connectivity index (χ0) is 10.4. The summed E-state index contributed by atoms with van der Waals surface area (Å²) in [6.45, 7) is 2.19. The zero-order valence-electron chi connectivity index (χ0n) is 8.59. The topological polar surface area (TPSA) is 26.3 Å². The van der Waals surface area contributed by atoms with Gasteiger partial charge in [0.2, 0.25) is 0 Å². The molecule has 0 aromatic carbocycles. The summed E-state index contributed by atoms with van der Waals surface area (Å²) in [4.78, 5) is 13.0. The second-order valence-corrected chi connectivity index (χ2v) is 4.20. The number of unbranched alkanes of at least 4 members (excludes halogenated alkanes) is 3. The summed E-state index contributed by atoms with van der Waals surface area (Å²) in [5.41, 5.74) is 0. The van der Waals surface area contributed by atoms with Gasteiger partial charge in [-0.15, -0.1) is 0 Å². The highest BCUT2D eigenvalue weighted by molar-refractivity contribution is 9.11. The molecule has 0 saturated carbocycles. The molecule has 0 aromatic rings. The Labute approximate surface area is 93.8 Å². The molecule has 0 aromatic heterocycles. The van der Waals surface area contributed by atoms with Crippen molar-refractivity contribution in [3.05, 3.63) is 10.7 Å². The number of esters is 1. The summed E-state index contributed by atoms with van der Waals surface area (Å²) in [6, 6.07) is 0. The average molecular weight is 261 g/mol. The Hall–Kier alpha value is -0.310. The van der Waals surface area contributed by atoms with Crippen LogP contribution in [-0.2, 0) is 9.53 Å². The minimum atomic E-state index is -0.0489. The molecule has 80 valence electrons. The number of cyclic esters (lactones) is 1. The SMILES string of the molecule is CCCCCCC1C/C(=C\Br)OC1=O. The lowest BCUT2D eigenvalue weighted by Gasteiger charge is -2.03. The Morgan fingerprint density at radius 2 is 2.29 bits per heavy atom. The molecule has 1 atom stereocenters. The van der Waals surface area contributed by atoms with Crippen molar-refractivity contribution in [1.82, 2.24) is 0 Å². The van der Waals surface area contributed by atoms with Gasteiger partial charge in [0, 0.05) is 11.4 Å². The van der Waals surface area contributed by atoms with Gasteiger partial charge in [-0.25, -0.2) is 0 Å². The number of hydrogen-bond acceptors (Lipinski definition) is 2. The Bertz CT molecular complexity index is 223. The summed E-state index contributed by atoms with van der Waals surface area (Å²) in [7, 11) is 0. The fourth-order valence-corrected chi connectivity index (χ4v) is 1.97. The van der Waals surface area contributed by atoms with E-state index in [9.17, 15) is 4.79 Å². The fourth-order valence-electron chi connectivity index (χ4n) is 1.68. The third-order valence-corrected chi connectivity index (χ3v) is 3.05. The van der Waals surface area contributed by atoms with Gasteiger partial charge < -0.3 is 4.74 Å². The molecule has 1 aliphatic rings. The van der Waals surface area contributed by atoms with Gasteiger partial charge in [-0.2, -0.15) is 0 Å². The van der Waals surface area contributed by atoms with Gasteiger partial charge in [-0.05, 0) is 6.42 Å². The van der Waals surface area contributed by atoms with Gasteiger partial charge in [0.25, 0.3) is 0 Å². The van der Waals surface area contributed by atoms with Crippen LogP contribution in [0.1, 0.15) is 45.4 Å². The highest BCUT2D eigenvalue weighted by Crippen LogP contribution is 2.29. The molecule has 14 heavy (non-hydrogen) atoms. The molecular formula is C11H17BrO2. The predicted octanol–water partition coefficient (Wildman–Crippen LogP) is 3.76. The number of carbonyl (C=O) groups excluding carboxylic acids is 1. The Morgan fingerprint density at radius 1 is 1.50 bits per heavy atom. The average Bonchev–Trinajstić information content (AvgIpc) is 2.54. The van der Waals surface area contributed by atoms with Gasteiger partial charge in [0.15, 0.2) is 0 Å². The van der Waals surface area contributed by atoms with E-state index in [1.54, 1.807) is 4.99 Å². The minimum absolute atomic E-state index is 0.0489. The molecule has 0 amide bonds. The number of carbonyl (C=O) groups is 1. The van der Waals surface area contributed by atoms with E-state index >= 15 is 0 Å². The van der Waals surface area contributed by atoms with Crippen LogP contribution in [0.3, 0.4) is 0 Å². The standard InChI is InChI=1S/C11H17BrO2/c1-2-3-4-5-6-9-7-10(8-12)14-11(9)13/h8-9H,2-7H2,1H3/b10-8+. The van der Waals surface area contributed by atoms with E-state index in [1.165, 1.54) is 19.3 Å². The van der Waals surface area contributed by atoms with Crippen molar-refractivity contribution >= 4 is 21.9 Å². The third-order valence-electron chi connectivity index (χ3n) is 2.54. The monoisotopic (exact) mass is 260 g/mol. The molecule has 0 bridgehead atoms. The van der Waals surface area contributed by atoms with Crippen LogP contribution < -0.4 is 0 Å². The first-order chi connectivity index (χ1) is 6.77. The molecule has 1 fully saturated rings. The number of hydrogen-bond donors (Lipinski definition) is 0. The molecule has 1 saturated heterocycles. The summed E-state index contributed by atoms with van der Waals surface area (Å²) >= 11 is 3.18. The second-order valence-electron chi connectivity index (χ2n) is 3.75. The third kappa shape index (κ3) is 3.45. The maximum Gasteiger partial charge on any atom is 0.314 e. The zero-order valence-corrected chi connectivity index (χ0v) is 10.2. The van der Waals surface area contributed by atoms with E-state index < -0.39 is 0 Å². The molecule has 0 N–H and O–H groups in total. The molecule has 0 aliphatic carbocycles. The summed E-state index contributed by atoms with van der Waals surface area (Å²) in [6.07, 6.45) is 6.63. The molecule has 2 nitrogen and oxygen atoms in total. The number of allylic oxidation sites excluding steroid dienone is 1. The Kier molecular flexibility index (Phi) is 5.23. The highest BCUT2D eigenvalue weighted by Gasteiger charge is 2.29. The van der Waals surface area contributed by atoms with Crippen molar-refractivity contribution in [2.75, 3.05) is 0 Å². The van der Waals surface area contributed by atoms with E-state index in [0.29, 0.717) is 0 Å². The molecule has 1 rings (SSSR count). The lowest BCUT2D eigenvalue weighted by molar-refractivity contribution is -0.139. The smallest absolute Gasteiger partial charge is 0.314 e. The van der Waals surface area contributed by atoms with Gasteiger partial charge in [0.1, 0.15) is 5.76 Å². The Morgan fingerprint density at radius 3 is 2.86 bits per heavy atom.